The number of hydrogen-bond donors (Lipinski definition) is 1. The summed E-state index contributed by atoms with van der Waals surface area (Å²) < 4.78 is 5.21. The Kier molecular flexibility index (Phi) is 3.60. The molecule has 3 rings (SSSR count). The number of nitrogens with two attached hydrogens (primary N) is 1. The Morgan fingerprint density at radius 1 is 1.29 bits per heavy atom. The van der Waals surface area contributed by atoms with Crippen molar-refractivity contribution in [1.82, 2.24) is 10.2 Å². The monoisotopic (exact) mass is 286 g/mol. The van der Waals surface area contributed by atoms with E-state index in [1.807, 2.05) is 13.0 Å². The van der Waals surface area contributed by atoms with Gasteiger partial charge in [0.05, 0.1) is 0 Å². The molecule has 110 valence electrons. The second-order valence-electron chi connectivity index (χ2n) is 5.35. The SMILES string of the molecule is Cc1ccc2c(c1)N(Cc1nnc(N)o1)C(=O)CCCC2. The molecule has 1 aromatic heterocycles. The zero-order chi connectivity index (χ0) is 14.8. The molecule has 0 atom stereocenters. The van der Waals surface area contributed by atoms with Crippen molar-refractivity contribution in [3.63, 3.8) is 0 Å². The van der Waals surface area contributed by atoms with Crippen LogP contribution in [-0.2, 0) is 17.8 Å². The Morgan fingerprint density at radius 3 is 2.86 bits per heavy atom. The van der Waals surface area contributed by atoms with Crippen LogP contribution in [0.1, 0.15) is 36.3 Å². The predicted molar refractivity (Wildman–Crippen MR) is 78.6 cm³/mol. The number of benzene rings is 1. The van der Waals surface area contributed by atoms with Crippen molar-refractivity contribution in [1.29, 1.82) is 0 Å². The van der Waals surface area contributed by atoms with E-state index in [1.165, 1.54) is 5.56 Å². The van der Waals surface area contributed by atoms with Crippen LogP contribution in [0.25, 0.3) is 0 Å². The Hall–Kier alpha value is -2.37. The first kappa shape index (κ1) is 13.6. The number of nitrogens with zero attached hydrogens (tertiary/aromatic N) is 3. The molecule has 6 heteroatoms. The van der Waals surface area contributed by atoms with Gasteiger partial charge in [-0.15, -0.1) is 5.10 Å². The second kappa shape index (κ2) is 5.55. The van der Waals surface area contributed by atoms with Crippen molar-refractivity contribution in [2.24, 2.45) is 0 Å². The van der Waals surface area contributed by atoms with Gasteiger partial charge in [-0.3, -0.25) is 4.79 Å². The van der Waals surface area contributed by atoms with Crippen LogP contribution in [0, 0.1) is 6.92 Å². The van der Waals surface area contributed by atoms with Crippen LogP contribution >= 0.6 is 0 Å². The number of nitrogen functional groups attached to an aromatic ring is 1. The van der Waals surface area contributed by atoms with E-state index in [1.54, 1.807) is 4.90 Å². The Morgan fingerprint density at radius 2 is 2.10 bits per heavy atom. The molecule has 2 heterocycles. The molecule has 1 aliphatic heterocycles. The van der Waals surface area contributed by atoms with E-state index in [9.17, 15) is 4.79 Å². The van der Waals surface area contributed by atoms with Crippen molar-refractivity contribution in [2.45, 2.75) is 39.2 Å². The molecule has 1 amide bonds. The molecule has 0 radical (unpaired) electrons. The summed E-state index contributed by atoms with van der Waals surface area (Å²) in [4.78, 5) is 14.2. The number of rotatable bonds is 2. The maximum atomic E-state index is 12.5. The van der Waals surface area contributed by atoms with E-state index in [2.05, 4.69) is 22.3 Å². The first-order valence-electron chi connectivity index (χ1n) is 7.11. The van der Waals surface area contributed by atoms with Crippen LogP contribution < -0.4 is 10.6 Å². The lowest BCUT2D eigenvalue weighted by Crippen LogP contribution is -2.32. The number of anilines is 2. The highest BCUT2D eigenvalue weighted by Gasteiger charge is 2.23. The van der Waals surface area contributed by atoms with Crippen LogP contribution in [0.4, 0.5) is 11.7 Å². The fourth-order valence-electron chi connectivity index (χ4n) is 2.64. The molecule has 6 nitrogen and oxygen atoms in total. The molecular weight excluding hydrogens is 268 g/mol. The first-order valence-corrected chi connectivity index (χ1v) is 7.11. The summed E-state index contributed by atoms with van der Waals surface area (Å²) in [6.45, 7) is 2.28. The third kappa shape index (κ3) is 2.89. The van der Waals surface area contributed by atoms with Gasteiger partial charge in [0.2, 0.25) is 11.8 Å². The van der Waals surface area contributed by atoms with E-state index in [4.69, 9.17) is 10.2 Å². The number of amides is 1. The molecule has 0 saturated carbocycles. The van der Waals surface area contributed by atoms with E-state index in [0.29, 0.717) is 12.3 Å². The van der Waals surface area contributed by atoms with Crippen LogP contribution in [0.3, 0.4) is 0 Å². The molecule has 1 aromatic carbocycles. The number of aromatic nitrogens is 2. The molecule has 0 bridgehead atoms. The number of carbonyl (C=O) groups is 1. The Balaban J connectivity index is 1.99. The van der Waals surface area contributed by atoms with Gasteiger partial charge >= 0.3 is 6.01 Å². The molecule has 2 N–H and O–H groups in total. The van der Waals surface area contributed by atoms with E-state index < -0.39 is 0 Å². The van der Waals surface area contributed by atoms with Gasteiger partial charge < -0.3 is 15.1 Å². The lowest BCUT2D eigenvalue weighted by atomic mass is 9.99. The molecule has 0 aliphatic carbocycles. The third-order valence-corrected chi connectivity index (χ3v) is 3.70. The lowest BCUT2D eigenvalue weighted by Gasteiger charge is -2.26. The summed E-state index contributed by atoms with van der Waals surface area (Å²) in [5.74, 6) is 0.437. The van der Waals surface area contributed by atoms with Gasteiger partial charge in [-0.1, -0.05) is 17.2 Å². The van der Waals surface area contributed by atoms with Gasteiger partial charge in [0.1, 0.15) is 6.54 Å². The molecule has 21 heavy (non-hydrogen) atoms. The molecule has 0 spiro atoms. The van der Waals surface area contributed by atoms with Crippen LogP contribution in [0.2, 0.25) is 0 Å². The highest BCUT2D eigenvalue weighted by molar-refractivity contribution is 5.94. The normalized spacial score (nSPS) is 15.5. The minimum absolute atomic E-state index is 0.0222. The minimum atomic E-state index is 0.0222. The summed E-state index contributed by atoms with van der Waals surface area (Å²) in [6, 6.07) is 6.23. The van der Waals surface area contributed by atoms with Gasteiger partial charge in [0.15, 0.2) is 0 Å². The second-order valence-corrected chi connectivity index (χ2v) is 5.35. The topological polar surface area (TPSA) is 85.2 Å². The van der Waals surface area contributed by atoms with Crippen molar-refractivity contribution >= 4 is 17.6 Å². The summed E-state index contributed by atoms with van der Waals surface area (Å²) in [6.07, 6.45) is 3.44. The average molecular weight is 286 g/mol. The number of aryl methyl sites for hydroxylation is 2. The minimum Gasteiger partial charge on any atom is -0.406 e. The van der Waals surface area contributed by atoms with E-state index in [-0.39, 0.29) is 18.5 Å². The largest absolute Gasteiger partial charge is 0.406 e. The Labute approximate surface area is 123 Å². The van der Waals surface area contributed by atoms with Gasteiger partial charge in [-0.2, -0.15) is 0 Å². The van der Waals surface area contributed by atoms with Crippen molar-refractivity contribution < 1.29 is 9.21 Å². The van der Waals surface area contributed by atoms with Crippen molar-refractivity contribution in [2.75, 3.05) is 10.6 Å². The highest BCUT2D eigenvalue weighted by Crippen LogP contribution is 2.28. The third-order valence-electron chi connectivity index (χ3n) is 3.70. The zero-order valence-electron chi connectivity index (χ0n) is 12.0. The highest BCUT2D eigenvalue weighted by atomic mass is 16.4. The quantitative estimate of drug-likeness (QED) is 0.915. The van der Waals surface area contributed by atoms with Crippen molar-refractivity contribution in [3.8, 4) is 0 Å². The standard InChI is InChI=1S/C15H18N4O2/c1-10-6-7-11-4-2-3-5-14(20)19(12(11)8-10)9-13-17-18-15(16)21-13/h6-8H,2-5,9H2,1H3,(H2,16,18). The maximum absolute atomic E-state index is 12.5. The summed E-state index contributed by atoms with van der Waals surface area (Å²) in [5.41, 5.74) is 8.69. The summed E-state index contributed by atoms with van der Waals surface area (Å²) in [5, 5.41) is 7.50. The van der Waals surface area contributed by atoms with Gasteiger partial charge in [0.25, 0.3) is 0 Å². The van der Waals surface area contributed by atoms with Crippen molar-refractivity contribution in [3.05, 3.63) is 35.2 Å². The van der Waals surface area contributed by atoms with Crippen LogP contribution in [0.15, 0.2) is 22.6 Å². The van der Waals surface area contributed by atoms with E-state index in [0.717, 1.165) is 30.5 Å². The fraction of sp³-hybridized carbons (Fsp3) is 0.400. The molecular formula is C15H18N4O2. The van der Waals surface area contributed by atoms with Gasteiger partial charge in [-0.25, -0.2) is 0 Å². The fourth-order valence-corrected chi connectivity index (χ4v) is 2.64. The van der Waals surface area contributed by atoms with Gasteiger partial charge in [-0.05, 0) is 43.4 Å². The average Bonchev–Trinajstić information content (AvgIpc) is 2.86. The number of carbonyl (C=O) groups excluding carboxylic acids is 1. The molecule has 2 aromatic rings. The maximum Gasteiger partial charge on any atom is 0.312 e. The van der Waals surface area contributed by atoms with Gasteiger partial charge in [0, 0.05) is 12.1 Å². The lowest BCUT2D eigenvalue weighted by molar-refractivity contribution is -0.119. The Bertz CT molecular complexity index is 665. The molecule has 1 aliphatic rings. The van der Waals surface area contributed by atoms with Crippen LogP contribution in [0.5, 0.6) is 0 Å². The number of hydrogen-bond acceptors (Lipinski definition) is 5. The van der Waals surface area contributed by atoms with Crippen LogP contribution in [-0.4, -0.2) is 16.1 Å². The molecule has 0 unspecified atom stereocenters. The predicted octanol–water partition coefficient (Wildman–Crippen LogP) is 2.22. The summed E-state index contributed by atoms with van der Waals surface area (Å²) in [7, 11) is 0. The zero-order valence-corrected chi connectivity index (χ0v) is 12.0. The molecule has 0 saturated heterocycles. The molecule has 0 fully saturated rings. The summed E-state index contributed by atoms with van der Waals surface area (Å²) >= 11 is 0. The number of fused-ring (bicyclic) bond motifs is 1. The smallest absolute Gasteiger partial charge is 0.312 e. The van der Waals surface area contributed by atoms with E-state index >= 15 is 0 Å². The first-order chi connectivity index (χ1) is 10.1.